The summed E-state index contributed by atoms with van der Waals surface area (Å²) in [6.45, 7) is 3.96. The number of carbonyl (C=O) groups excluding carboxylic acids is 2. The van der Waals surface area contributed by atoms with Crippen molar-refractivity contribution in [3.63, 3.8) is 0 Å². The summed E-state index contributed by atoms with van der Waals surface area (Å²) in [7, 11) is 3.01. The molecule has 7 heteroatoms. The van der Waals surface area contributed by atoms with Crippen molar-refractivity contribution in [2.24, 2.45) is 5.92 Å². The van der Waals surface area contributed by atoms with Crippen LogP contribution >= 0.6 is 11.3 Å². The second kappa shape index (κ2) is 9.19. The minimum absolute atomic E-state index is 0.209. The van der Waals surface area contributed by atoms with Gasteiger partial charge in [-0.15, -0.1) is 11.3 Å². The van der Waals surface area contributed by atoms with Gasteiger partial charge in [-0.2, -0.15) is 5.26 Å². The summed E-state index contributed by atoms with van der Waals surface area (Å²) in [5, 5.41) is 16.2. The molecular formula is C20H24N4O2S. The average Bonchev–Trinajstić information content (AvgIpc) is 3.20. The van der Waals surface area contributed by atoms with Crippen molar-refractivity contribution in [3.8, 4) is 16.6 Å². The van der Waals surface area contributed by atoms with Crippen molar-refractivity contribution in [2.75, 3.05) is 14.1 Å². The van der Waals surface area contributed by atoms with Crippen molar-refractivity contribution >= 4 is 23.2 Å². The van der Waals surface area contributed by atoms with Gasteiger partial charge in [0.2, 0.25) is 0 Å². The highest BCUT2D eigenvalue weighted by Crippen LogP contribution is 2.24. The molecule has 0 unspecified atom stereocenters. The molecule has 0 bridgehead atoms. The van der Waals surface area contributed by atoms with Crippen LogP contribution in [0.3, 0.4) is 0 Å². The second-order valence-corrected chi connectivity index (χ2v) is 7.64. The number of nitriles is 1. The monoisotopic (exact) mass is 384 g/mol. The van der Waals surface area contributed by atoms with Gasteiger partial charge in [0.1, 0.15) is 6.04 Å². The number of thiophene rings is 1. The van der Waals surface area contributed by atoms with E-state index in [1.807, 2.05) is 49.7 Å². The predicted molar refractivity (Wildman–Crippen MR) is 107 cm³/mol. The summed E-state index contributed by atoms with van der Waals surface area (Å²) in [6, 6.07) is 10.6. The van der Waals surface area contributed by atoms with Crippen LogP contribution in [0.15, 0.2) is 41.8 Å². The van der Waals surface area contributed by atoms with E-state index < -0.39 is 6.04 Å². The lowest BCUT2D eigenvalue weighted by molar-refractivity contribution is -0.142. The van der Waals surface area contributed by atoms with Crippen LogP contribution in [0.25, 0.3) is 10.4 Å². The Labute approximate surface area is 164 Å². The Morgan fingerprint density at radius 1 is 1.19 bits per heavy atom. The van der Waals surface area contributed by atoms with Gasteiger partial charge in [0, 0.05) is 24.5 Å². The Morgan fingerprint density at radius 3 is 2.37 bits per heavy atom. The standard InChI is InChI=1S/C20H24N4O2S/c1-14(2)12-17(20(26)24(4)23(3)13-21)22-19(25)16-9-7-15(8-10-16)18-6-5-11-27-18/h5-11,14,17H,12H2,1-4H3,(H,22,25)/t17-/m0/s1. The third kappa shape index (κ3) is 5.31. The quantitative estimate of drug-likeness (QED) is 0.451. The largest absolute Gasteiger partial charge is 0.340 e. The van der Waals surface area contributed by atoms with Crippen molar-refractivity contribution in [1.29, 1.82) is 5.26 Å². The Bertz CT molecular complexity index is 810. The molecule has 0 aliphatic heterocycles. The van der Waals surface area contributed by atoms with Crippen molar-refractivity contribution in [2.45, 2.75) is 26.3 Å². The molecule has 0 saturated carbocycles. The van der Waals surface area contributed by atoms with E-state index in [4.69, 9.17) is 5.26 Å². The summed E-state index contributed by atoms with van der Waals surface area (Å²) in [6.07, 6.45) is 2.37. The first kappa shape index (κ1) is 20.5. The Kier molecular flexibility index (Phi) is 6.97. The molecule has 1 heterocycles. The molecule has 0 aliphatic carbocycles. The van der Waals surface area contributed by atoms with E-state index in [1.165, 1.54) is 19.1 Å². The van der Waals surface area contributed by atoms with Gasteiger partial charge >= 0.3 is 0 Å². The molecule has 2 aromatic rings. The van der Waals surface area contributed by atoms with Gasteiger partial charge in [-0.05, 0) is 41.5 Å². The van der Waals surface area contributed by atoms with E-state index in [1.54, 1.807) is 23.5 Å². The number of hydrogen-bond acceptors (Lipinski definition) is 5. The van der Waals surface area contributed by atoms with Crippen LogP contribution in [0.4, 0.5) is 0 Å². The number of likely N-dealkylation sites (N-methyl/N-ethyl adjacent to an activating group) is 1. The Balaban J connectivity index is 2.13. The van der Waals surface area contributed by atoms with E-state index in [-0.39, 0.29) is 17.7 Å². The highest BCUT2D eigenvalue weighted by Gasteiger charge is 2.27. The number of hydrazine groups is 1. The zero-order chi connectivity index (χ0) is 20.0. The summed E-state index contributed by atoms with van der Waals surface area (Å²) in [5.74, 6) is -0.419. The minimum atomic E-state index is -0.699. The second-order valence-electron chi connectivity index (χ2n) is 6.70. The number of nitrogens with zero attached hydrogens (tertiary/aromatic N) is 3. The van der Waals surface area contributed by atoms with Crippen LogP contribution in [0.5, 0.6) is 0 Å². The molecule has 2 amide bonds. The number of nitrogens with one attached hydrogen (secondary N) is 1. The number of benzene rings is 1. The van der Waals surface area contributed by atoms with Gasteiger partial charge < -0.3 is 5.32 Å². The van der Waals surface area contributed by atoms with Crippen molar-refractivity contribution in [1.82, 2.24) is 15.3 Å². The van der Waals surface area contributed by atoms with Crippen LogP contribution in [0.1, 0.15) is 30.6 Å². The maximum absolute atomic E-state index is 12.7. The number of carbonyl (C=O) groups is 2. The van der Waals surface area contributed by atoms with E-state index >= 15 is 0 Å². The SMILES string of the molecule is CC(C)C[C@H](NC(=O)c1ccc(-c2cccs2)cc1)C(=O)N(C)N(C)C#N. The Morgan fingerprint density at radius 2 is 1.85 bits per heavy atom. The molecule has 0 saturated heterocycles. The molecule has 0 spiro atoms. The number of amides is 2. The van der Waals surface area contributed by atoms with Crippen LogP contribution in [0.2, 0.25) is 0 Å². The maximum atomic E-state index is 12.7. The molecule has 1 aromatic carbocycles. The summed E-state index contributed by atoms with van der Waals surface area (Å²) < 4.78 is 0. The van der Waals surface area contributed by atoms with Crippen molar-refractivity contribution in [3.05, 3.63) is 47.3 Å². The number of hydrogen-bond donors (Lipinski definition) is 1. The van der Waals surface area contributed by atoms with Gasteiger partial charge in [0.05, 0.1) is 0 Å². The molecule has 0 radical (unpaired) electrons. The first-order valence-electron chi connectivity index (χ1n) is 8.69. The molecule has 6 nitrogen and oxygen atoms in total. The third-order valence-corrected chi connectivity index (χ3v) is 5.10. The minimum Gasteiger partial charge on any atom is -0.340 e. The first-order chi connectivity index (χ1) is 12.8. The van der Waals surface area contributed by atoms with Gasteiger partial charge in [-0.1, -0.05) is 32.0 Å². The van der Waals surface area contributed by atoms with Crippen molar-refractivity contribution < 1.29 is 9.59 Å². The Hall–Kier alpha value is -2.85. The highest BCUT2D eigenvalue weighted by atomic mass is 32.1. The van der Waals surface area contributed by atoms with E-state index in [2.05, 4.69) is 5.32 Å². The molecule has 1 aromatic heterocycles. The van der Waals surface area contributed by atoms with Crippen LogP contribution in [-0.2, 0) is 4.79 Å². The number of rotatable bonds is 7. The van der Waals surface area contributed by atoms with Crippen LogP contribution in [-0.4, -0.2) is 42.0 Å². The molecular weight excluding hydrogens is 360 g/mol. The lowest BCUT2D eigenvalue weighted by atomic mass is 10.0. The van der Waals surface area contributed by atoms with Gasteiger partial charge in [0.25, 0.3) is 11.8 Å². The topological polar surface area (TPSA) is 76.4 Å². The van der Waals surface area contributed by atoms with Crippen LogP contribution < -0.4 is 5.32 Å². The summed E-state index contributed by atoms with van der Waals surface area (Å²) in [5.41, 5.74) is 1.54. The zero-order valence-electron chi connectivity index (χ0n) is 16.0. The highest BCUT2D eigenvalue weighted by molar-refractivity contribution is 7.13. The average molecular weight is 385 g/mol. The molecule has 2 rings (SSSR count). The van der Waals surface area contributed by atoms with E-state index in [9.17, 15) is 9.59 Å². The fourth-order valence-electron chi connectivity index (χ4n) is 2.60. The molecule has 0 aliphatic rings. The normalized spacial score (nSPS) is 11.6. The first-order valence-corrected chi connectivity index (χ1v) is 9.57. The molecule has 1 N–H and O–H groups in total. The summed E-state index contributed by atoms with van der Waals surface area (Å²) in [4.78, 5) is 26.5. The van der Waals surface area contributed by atoms with E-state index in [0.29, 0.717) is 12.0 Å². The van der Waals surface area contributed by atoms with Gasteiger partial charge in [0.15, 0.2) is 6.19 Å². The van der Waals surface area contributed by atoms with Crippen LogP contribution in [0, 0.1) is 17.4 Å². The molecule has 0 fully saturated rings. The smallest absolute Gasteiger partial charge is 0.263 e. The van der Waals surface area contributed by atoms with Gasteiger partial charge in [-0.25, -0.2) is 10.0 Å². The summed E-state index contributed by atoms with van der Waals surface area (Å²) >= 11 is 1.64. The third-order valence-electron chi connectivity index (χ3n) is 4.18. The maximum Gasteiger partial charge on any atom is 0.263 e. The fourth-order valence-corrected chi connectivity index (χ4v) is 3.34. The van der Waals surface area contributed by atoms with Gasteiger partial charge in [-0.3, -0.25) is 9.59 Å². The molecule has 142 valence electrons. The fraction of sp³-hybridized carbons (Fsp3) is 0.350. The predicted octanol–water partition coefficient (Wildman–Crippen LogP) is 3.35. The lowest BCUT2D eigenvalue weighted by Gasteiger charge is -2.28. The lowest BCUT2D eigenvalue weighted by Crippen LogP contribution is -2.51. The van der Waals surface area contributed by atoms with E-state index in [0.717, 1.165) is 15.4 Å². The molecule has 1 atom stereocenters. The zero-order valence-corrected chi connectivity index (χ0v) is 16.8. The molecule has 27 heavy (non-hydrogen) atoms.